The lowest BCUT2D eigenvalue weighted by molar-refractivity contribution is 0.0939. The number of para-hydroxylation sites is 1. The second-order valence-corrected chi connectivity index (χ2v) is 5.25. The van der Waals surface area contributed by atoms with Crippen LogP contribution in [0.3, 0.4) is 0 Å². The van der Waals surface area contributed by atoms with Crippen LogP contribution in [0.25, 0.3) is 11.1 Å². The first kappa shape index (κ1) is 14.3. The average molecular weight is 268 g/mol. The van der Waals surface area contributed by atoms with Crippen LogP contribution in [0.2, 0.25) is 0 Å². The third-order valence-corrected chi connectivity index (χ3v) is 3.44. The summed E-state index contributed by atoms with van der Waals surface area (Å²) in [6, 6.07) is 13.7. The Labute approximate surface area is 120 Å². The zero-order valence-corrected chi connectivity index (χ0v) is 12.4. The van der Waals surface area contributed by atoms with Gasteiger partial charge in [0.15, 0.2) is 5.78 Å². The normalized spacial score (nSPS) is 10.7. The minimum absolute atomic E-state index is 0.00299. The first-order valence-electron chi connectivity index (χ1n) is 6.83. The SMILES string of the molecule is COc1ccccc1-c1cc(C(=O)C(C)C)ccc1C. The summed E-state index contributed by atoms with van der Waals surface area (Å²) in [5.74, 6) is 0.995. The molecule has 0 fully saturated rings. The van der Waals surface area contributed by atoms with Gasteiger partial charge in [0.25, 0.3) is 0 Å². The molecule has 0 aromatic heterocycles. The fourth-order valence-corrected chi connectivity index (χ4v) is 2.27. The van der Waals surface area contributed by atoms with Crippen molar-refractivity contribution in [3.63, 3.8) is 0 Å². The van der Waals surface area contributed by atoms with Crippen molar-refractivity contribution < 1.29 is 9.53 Å². The molecule has 104 valence electrons. The number of benzene rings is 2. The van der Waals surface area contributed by atoms with Crippen LogP contribution in [-0.4, -0.2) is 12.9 Å². The van der Waals surface area contributed by atoms with Gasteiger partial charge in [-0.2, -0.15) is 0 Å². The zero-order valence-electron chi connectivity index (χ0n) is 12.4. The fraction of sp³-hybridized carbons (Fsp3) is 0.278. The van der Waals surface area contributed by atoms with E-state index in [9.17, 15) is 4.79 Å². The van der Waals surface area contributed by atoms with Gasteiger partial charge in [-0.3, -0.25) is 4.79 Å². The minimum atomic E-state index is 0.00299. The molecule has 0 aliphatic heterocycles. The Morgan fingerprint density at radius 1 is 1.05 bits per heavy atom. The molecule has 0 unspecified atom stereocenters. The molecule has 20 heavy (non-hydrogen) atoms. The molecule has 0 aliphatic rings. The van der Waals surface area contributed by atoms with Gasteiger partial charge in [-0.05, 0) is 30.2 Å². The number of aryl methyl sites for hydroxylation is 1. The smallest absolute Gasteiger partial charge is 0.165 e. The summed E-state index contributed by atoms with van der Waals surface area (Å²) in [6.07, 6.45) is 0. The Balaban J connectivity index is 2.56. The standard InChI is InChI=1S/C18H20O2/c1-12(2)18(19)14-10-9-13(3)16(11-14)15-7-5-6-8-17(15)20-4/h5-12H,1-4H3. The number of ketones is 1. The maximum Gasteiger partial charge on any atom is 0.165 e. The molecule has 2 rings (SSSR count). The second kappa shape index (κ2) is 5.91. The molecule has 2 heteroatoms. The van der Waals surface area contributed by atoms with Gasteiger partial charge in [-0.15, -0.1) is 0 Å². The molecule has 0 saturated heterocycles. The Kier molecular flexibility index (Phi) is 4.23. The summed E-state index contributed by atoms with van der Waals surface area (Å²) in [7, 11) is 1.66. The van der Waals surface area contributed by atoms with Crippen LogP contribution in [0.4, 0.5) is 0 Å². The van der Waals surface area contributed by atoms with Crippen molar-refractivity contribution >= 4 is 5.78 Å². The quantitative estimate of drug-likeness (QED) is 0.763. The van der Waals surface area contributed by atoms with Crippen LogP contribution in [0, 0.1) is 12.8 Å². The summed E-state index contributed by atoms with van der Waals surface area (Å²) in [5.41, 5.74) is 3.96. The molecule has 0 bridgehead atoms. The lowest BCUT2D eigenvalue weighted by atomic mass is 9.93. The van der Waals surface area contributed by atoms with E-state index in [0.29, 0.717) is 0 Å². The van der Waals surface area contributed by atoms with E-state index >= 15 is 0 Å². The van der Waals surface area contributed by atoms with Gasteiger partial charge in [-0.25, -0.2) is 0 Å². The van der Waals surface area contributed by atoms with Crippen LogP contribution in [0.5, 0.6) is 5.75 Å². The minimum Gasteiger partial charge on any atom is -0.496 e. The van der Waals surface area contributed by atoms with Crippen molar-refractivity contribution in [1.29, 1.82) is 0 Å². The molecule has 0 amide bonds. The molecule has 0 N–H and O–H groups in total. The molecule has 2 aromatic rings. The summed E-state index contributed by atoms with van der Waals surface area (Å²) in [6.45, 7) is 5.89. The van der Waals surface area contributed by atoms with Crippen molar-refractivity contribution in [2.75, 3.05) is 7.11 Å². The summed E-state index contributed by atoms with van der Waals surface area (Å²) in [4.78, 5) is 12.2. The summed E-state index contributed by atoms with van der Waals surface area (Å²) in [5, 5.41) is 0. The highest BCUT2D eigenvalue weighted by Gasteiger charge is 2.14. The van der Waals surface area contributed by atoms with Crippen LogP contribution in [0.1, 0.15) is 29.8 Å². The van der Waals surface area contributed by atoms with Gasteiger partial charge in [0.2, 0.25) is 0 Å². The average Bonchev–Trinajstić information content (AvgIpc) is 2.47. The molecule has 2 nitrogen and oxygen atoms in total. The number of hydrogen-bond donors (Lipinski definition) is 0. The Morgan fingerprint density at radius 2 is 1.75 bits per heavy atom. The molecule has 0 radical (unpaired) electrons. The Morgan fingerprint density at radius 3 is 2.40 bits per heavy atom. The number of Topliss-reactive ketones (excluding diaryl/α,β-unsaturated/α-hetero) is 1. The molecule has 0 heterocycles. The number of ether oxygens (including phenoxy) is 1. The zero-order chi connectivity index (χ0) is 14.7. The number of methoxy groups -OCH3 is 1. The van der Waals surface area contributed by atoms with Crippen molar-refractivity contribution in [3.8, 4) is 16.9 Å². The van der Waals surface area contributed by atoms with E-state index in [-0.39, 0.29) is 11.7 Å². The largest absolute Gasteiger partial charge is 0.496 e. The van der Waals surface area contributed by atoms with Crippen LogP contribution in [0.15, 0.2) is 42.5 Å². The first-order chi connectivity index (χ1) is 9.54. The number of hydrogen-bond acceptors (Lipinski definition) is 2. The predicted molar refractivity (Wildman–Crippen MR) is 82.3 cm³/mol. The van der Waals surface area contributed by atoms with E-state index in [0.717, 1.165) is 28.0 Å². The maximum atomic E-state index is 12.2. The lowest BCUT2D eigenvalue weighted by Gasteiger charge is -2.13. The molecule has 0 spiro atoms. The van der Waals surface area contributed by atoms with Crippen LogP contribution in [-0.2, 0) is 0 Å². The van der Waals surface area contributed by atoms with Crippen molar-refractivity contribution in [3.05, 3.63) is 53.6 Å². The third kappa shape index (κ3) is 2.74. The van der Waals surface area contributed by atoms with E-state index in [4.69, 9.17) is 4.74 Å². The Bertz CT molecular complexity index is 627. The van der Waals surface area contributed by atoms with Gasteiger partial charge in [-0.1, -0.05) is 44.2 Å². The molecule has 0 aliphatic carbocycles. The maximum absolute atomic E-state index is 12.2. The summed E-state index contributed by atoms with van der Waals surface area (Å²) < 4.78 is 5.42. The van der Waals surface area contributed by atoms with Gasteiger partial charge in [0.05, 0.1) is 7.11 Å². The number of carbonyl (C=O) groups is 1. The van der Waals surface area contributed by atoms with Crippen molar-refractivity contribution in [2.24, 2.45) is 5.92 Å². The molecule has 2 aromatic carbocycles. The Hall–Kier alpha value is -2.09. The highest BCUT2D eigenvalue weighted by atomic mass is 16.5. The lowest BCUT2D eigenvalue weighted by Crippen LogP contribution is -2.07. The number of carbonyl (C=O) groups excluding carboxylic acids is 1. The third-order valence-electron chi connectivity index (χ3n) is 3.44. The van der Waals surface area contributed by atoms with E-state index in [1.165, 1.54) is 0 Å². The van der Waals surface area contributed by atoms with Crippen LogP contribution >= 0.6 is 0 Å². The highest BCUT2D eigenvalue weighted by molar-refractivity contribution is 5.98. The van der Waals surface area contributed by atoms with Crippen molar-refractivity contribution in [2.45, 2.75) is 20.8 Å². The monoisotopic (exact) mass is 268 g/mol. The summed E-state index contributed by atoms with van der Waals surface area (Å²) >= 11 is 0. The first-order valence-corrected chi connectivity index (χ1v) is 6.83. The predicted octanol–water partition coefficient (Wildman–Crippen LogP) is 4.51. The van der Waals surface area contributed by atoms with Crippen LogP contribution < -0.4 is 4.74 Å². The molecular weight excluding hydrogens is 248 g/mol. The highest BCUT2D eigenvalue weighted by Crippen LogP contribution is 2.32. The number of rotatable bonds is 4. The fourth-order valence-electron chi connectivity index (χ4n) is 2.27. The van der Waals surface area contributed by atoms with Gasteiger partial charge < -0.3 is 4.74 Å². The van der Waals surface area contributed by atoms with E-state index < -0.39 is 0 Å². The van der Waals surface area contributed by atoms with E-state index in [1.807, 2.05) is 63.2 Å². The van der Waals surface area contributed by atoms with E-state index in [1.54, 1.807) is 7.11 Å². The topological polar surface area (TPSA) is 26.3 Å². The van der Waals surface area contributed by atoms with Gasteiger partial charge in [0, 0.05) is 17.0 Å². The molecule has 0 atom stereocenters. The van der Waals surface area contributed by atoms with Gasteiger partial charge >= 0.3 is 0 Å². The molecular formula is C18H20O2. The molecule has 0 saturated carbocycles. The van der Waals surface area contributed by atoms with E-state index in [2.05, 4.69) is 0 Å². The van der Waals surface area contributed by atoms with Gasteiger partial charge in [0.1, 0.15) is 5.75 Å². The second-order valence-electron chi connectivity index (χ2n) is 5.25. The van der Waals surface area contributed by atoms with Crippen molar-refractivity contribution in [1.82, 2.24) is 0 Å².